The van der Waals surface area contributed by atoms with E-state index in [0.717, 1.165) is 17.6 Å². The van der Waals surface area contributed by atoms with E-state index < -0.39 is 0 Å². The molecule has 218 valence electrons. The summed E-state index contributed by atoms with van der Waals surface area (Å²) < 4.78 is 0. The van der Waals surface area contributed by atoms with Crippen LogP contribution in [0, 0.1) is 0 Å². The van der Waals surface area contributed by atoms with Crippen LogP contribution in [0.3, 0.4) is 0 Å². The van der Waals surface area contributed by atoms with Gasteiger partial charge >= 0.3 is 0 Å². The van der Waals surface area contributed by atoms with Gasteiger partial charge < -0.3 is 0 Å². The molecule has 0 atom stereocenters. The van der Waals surface area contributed by atoms with Crippen LogP contribution in [0.5, 0.6) is 0 Å². The number of carbonyl (C=O) groups excluding carboxylic acids is 1. The maximum absolute atomic E-state index is 13.3. The van der Waals surface area contributed by atoms with Gasteiger partial charge in [0.25, 0.3) is 0 Å². The van der Waals surface area contributed by atoms with Gasteiger partial charge in [-0.15, -0.1) is 0 Å². The highest BCUT2D eigenvalue weighted by Gasteiger charge is 2.31. The SMILES string of the molecule is O=C1CC=CC2=C1Cc1c(-c3ccccc3)cc3c4ccc5c6c(c(-c7ccccc7)cc(c7ccc2c1c37)c64)Cc1ccccc1-5. The molecular formula is C46H28O. The first-order chi connectivity index (χ1) is 23.2. The molecule has 8 aromatic rings. The standard InChI is InChI=1S/C46H28O/c47-42-17-9-16-30-32-19-21-34-39-23-35(26-10-3-1-4-11-26)38-22-28-14-7-8-15-29(28)31-18-20-33(45(39)43(31)38)40-24-36(27-12-5-2-6-13-27)41(25-37(30)42)44(32)46(34)40/h1-16,18-21,23-24H,17,22,25H2. The molecule has 0 unspecified atom stereocenters. The minimum atomic E-state index is 0.248. The quantitative estimate of drug-likeness (QED) is 0.143. The van der Waals surface area contributed by atoms with E-state index in [1.54, 1.807) is 0 Å². The van der Waals surface area contributed by atoms with Gasteiger partial charge in [-0.1, -0.05) is 121 Å². The van der Waals surface area contributed by atoms with Gasteiger partial charge in [-0.2, -0.15) is 0 Å². The summed E-state index contributed by atoms with van der Waals surface area (Å²) in [6.45, 7) is 0. The second-order valence-corrected chi connectivity index (χ2v) is 13.4. The molecule has 0 bridgehead atoms. The number of ketones is 1. The van der Waals surface area contributed by atoms with Crippen molar-refractivity contribution in [1.29, 1.82) is 0 Å². The fourth-order valence-corrected chi connectivity index (χ4v) is 9.12. The number of allylic oxidation sites excluding steroid dienone is 4. The molecular weight excluding hydrogens is 569 g/mol. The van der Waals surface area contributed by atoms with E-state index in [2.05, 4.69) is 127 Å². The largest absolute Gasteiger partial charge is 0.294 e. The Hall–Kier alpha value is -5.79. The number of hydrogen-bond donors (Lipinski definition) is 0. The first kappa shape index (κ1) is 25.4. The summed E-state index contributed by atoms with van der Waals surface area (Å²) >= 11 is 0. The van der Waals surface area contributed by atoms with Gasteiger partial charge in [0, 0.05) is 18.4 Å². The summed E-state index contributed by atoms with van der Waals surface area (Å²) in [6.07, 6.45) is 6.31. The highest BCUT2D eigenvalue weighted by molar-refractivity contribution is 6.37. The fraction of sp³-hybridized carbons (Fsp3) is 0.0652. The minimum absolute atomic E-state index is 0.248. The van der Waals surface area contributed by atoms with E-state index in [9.17, 15) is 4.79 Å². The Morgan fingerprint density at radius 3 is 1.70 bits per heavy atom. The molecule has 1 heteroatoms. The van der Waals surface area contributed by atoms with Crippen molar-refractivity contribution in [1.82, 2.24) is 0 Å². The molecule has 47 heavy (non-hydrogen) atoms. The molecule has 0 amide bonds. The second kappa shape index (κ2) is 9.15. The Labute approximate surface area is 272 Å². The third-order valence-corrected chi connectivity index (χ3v) is 11.1. The average molecular weight is 597 g/mol. The van der Waals surface area contributed by atoms with Crippen molar-refractivity contribution >= 4 is 54.4 Å². The summed E-state index contributed by atoms with van der Waals surface area (Å²) in [5, 5.41) is 10.6. The topological polar surface area (TPSA) is 17.1 Å². The number of benzene rings is 8. The maximum Gasteiger partial charge on any atom is 0.163 e. The van der Waals surface area contributed by atoms with Crippen LogP contribution < -0.4 is 0 Å². The van der Waals surface area contributed by atoms with E-state index in [1.807, 2.05) is 6.08 Å². The summed E-state index contributed by atoms with van der Waals surface area (Å²) in [6, 6.07) is 45.0. The first-order valence-electron chi connectivity index (χ1n) is 16.6. The molecule has 0 aromatic heterocycles. The molecule has 0 N–H and O–H groups in total. The van der Waals surface area contributed by atoms with Gasteiger partial charge in [-0.3, -0.25) is 4.79 Å². The van der Waals surface area contributed by atoms with Crippen LogP contribution in [0.1, 0.15) is 28.7 Å². The van der Waals surface area contributed by atoms with Gasteiger partial charge in [0.05, 0.1) is 0 Å². The molecule has 8 aromatic carbocycles. The van der Waals surface area contributed by atoms with E-state index in [-0.39, 0.29) is 5.78 Å². The van der Waals surface area contributed by atoms with Crippen LogP contribution in [0.4, 0.5) is 0 Å². The van der Waals surface area contributed by atoms with Gasteiger partial charge in [0.1, 0.15) is 0 Å². The average Bonchev–Trinajstić information content (AvgIpc) is 3.13. The zero-order valence-corrected chi connectivity index (χ0v) is 25.7. The van der Waals surface area contributed by atoms with Crippen molar-refractivity contribution in [2.24, 2.45) is 0 Å². The molecule has 0 heterocycles. The first-order valence-corrected chi connectivity index (χ1v) is 16.6. The lowest BCUT2D eigenvalue weighted by atomic mass is 9.73. The number of Topliss-reactive ketones (excluding diaryl/α,β-unsaturated/α-hetero) is 1. The predicted octanol–water partition coefficient (Wildman–Crippen LogP) is 11.5. The van der Waals surface area contributed by atoms with Gasteiger partial charge in [-0.05, 0) is 123 Å². The third-order valence-electron chi connectivity index (χ3n) is 11.1. The predicted molar refractivity (Wildman–Crippen MR) is 196 cm³/mol. The number of rotatable bonds is 2. The van der Waals surface area contributed by atoms with Crippen LogP contribution in [-0.2, 0) is 17.6 Å². The van der Waals surface area contributed by atoms with Gasteiger partial charge in [-0.25, -0.2) is 0 Å². The van der Waals surface area contributed by atoms with E-state index in [1.165, 1.54) is 98.7 Å². The van der Waals surface area contributed by atoms with Crippen molar-refractivity contribution in [2.75, 3.05) is 0 Å². The zero-order chi connectivity index (χ0) is 30.8. The monoisotopic (exact) mass is 596 g/mol. The zero-order valence-electron chi connectivity index (χ0n) is 25.7. The Balaban J connectivity index is 1.38. The second-order valence-electron chi connectivity index (χ2n) is 13.4. The maximum atomic E-state index is 13.3. The van der Waals surface area contributed by atoms with Crippen molar-refractivity contribution in [2.45, 2.75) is 19.3 Å². The van der Waals surface area contributed by atoms with E-state index in [0.29, 0.717) is 12.8 Å². The smallest absolute Gasteiger partial charge is 0.163 e. The number of hydrogen-bond acceptors (Lipinski definition) is 1. The van der Waals surface area contributed by atoms with Gasteiger partial charge in [0.2, 0.25) is 0 Å². The minimum Gasteiger partial charge on any atom is -0.294 e. The van der Waals surface area contributed by atoms with Crippen LogP contribution >= 0.6 is 0 Å². The molecule has 0 aliphatic heterocycles. The Bertz CT molecular complexity index is 2740. The summed E-state index contributed by atoms with van der Waals surface area (Å²) in [5.74, 6) is 0.248. The lowest BCUT2D eigenvalue weighted by Crippen LogP contribution is -2.15. The normalized spacial score (nSPS) is 14.9. The third kappa shape index (κ3) is 3.31. The fourth-order valence-electron chi connectivity index (χ4n) is 9.12. The highest BCUT2D eigenvalue weighted by Crippen LogP contribution is 2.53. The molecule has 0 spiro atoms. The molecule has 0 fully saturated rings. The van der Waals surface area contributed by atoms with Crippen LogP contribution in [0.25, 0.3) is 82.0 Å². The van der Waals surface area contributed by atoms with Crippen molar-refractivity contribution < 1.29 is 4.79 Å². The molecule has 3 aliphatic carbocycles. The molecule has 0 radical (unpaired) electrons. The van der Waals surface area contributed by atoms with Crippen molar-refractivity contribution in [3.63, 3.8) is 0 Å². The molecule has 0 saturated heterocycles. The molecule has 11 rings (SSSR count). The van der Waals surface area contributed by atoms with Crippen LogP contribution in [0.2, 0.25) is 0 Å². The summed E-state index contributed by atoms with van der Waals surface area (Å²) in [4.78, 5) is 13.3. The van der Waals surface area contributed by atoms with Gasteiger partial charge in [0.15, 0.2) is 5.78 Å². The summed E-state index contributed by atoms with van der Waals surface area (Å²) in [5.41, 5.74) is 15.0. The van der Waals surface area contributed by atoms with Crippen molar-refractivity contribution in [3.05, 3.63) is 161 Å². The Morgan fingerprint density at radius 1 is 0.447 bits per heavy atom. The van der Waals surface area contributed by atoms with Crippen LogP contribution in [-0.4, -0.2) is 5.78 Å². The molecule has 1 nitrogen and oxygen atoms in total. The summed E-state index contributed by atoms with van der Waals surface area (Å²) in [7, 11) is 0. The van der Waals surface area contributed by atoms with E-state index in [4.69, 9.17) is 0 Å². The Morgan fingerprint density at radius 2 is 1.02 bits per heavy atom. The van der Waals surface area contributed by atoms with E-state index >= 15 is 0 Å². The van der Waals surface area contributed by atoms with Crippen molar-refractivity contribution in [3.8, 4) is 33.4 Å². The highest BCUT2D eigenvalue weighted by atomic mass is 16.1. The molecule has 0 saturated carbocycles. The molecule has 3 aliphatic rings. The van der Waals surface area contributed by atoms with Crippen LogP contribution in [0.15, 0.2) is 139 Å². The lowest BCUT2D eigenvalue weighted by molar-refractivity contribution is -0.114. The lowest BCUT2D eigenvalue weighted by Gasteiger charge is -2.30. The Kier molecular flexibility index (Phi) is 4.94. The number of fused-ring (bicyclic) bond motifs is 5. The number of carbonyl (C=O) groups is 1.